The van der Waals surface area contributed by atoms with Crippen LogP contribution in [0.2, 0.25) is 0 Å². The molecule has 1 atom stereocenters. The zero-order chi connectivity index (χ0) is 19.8. The highest BCUT2D eigenvalue weighted by Gasteiger charge is 2.19. The Hall–Kier alpha value is -3.60. The maximum absolute atomic E-state index is 12.7. The van der Waals surface area contributed by atoms with Crippen LogP contribution in [0.4, 0.5) is 0 Å². The molecule has 0 aliphatic heterocycles. The summed E-state index contributed by atoms with van der Waals surface area (Å²) in [7, 11) is 0. The molecule has 2 amide bonds. The fraction of sp³-hybridized carbons (Fsp3) is 0.130. The van der Waals surface area contributed by atoms with Crippen LogP contribution in [0.15, 0.2) is 84.9 Å². The lowest BCUT2D eigenvalue weighted by molar-refractivity contribution is -0.122. The molecule has 5 heteroatoms. The first-order valence-corrected chi connectivity index (χ1v) is 9.08. The monoisotopic (exact) mass is 374 g/mol. The highest BCUT2D eigenvalue weighted by Crippen LogP contribution is 2.25. The lowest BCUT2D eigenvalue weighted by Crippen LogP contribution is -2.44. The SMILES string of the molecule is CC(NC(=O)c1ccccc1Oc1ccccc1)C(=O)NCc1ccccc1. The molecular weight excluding hydrogens is 352 g/mol. The van der Waals surface area contributed by atoms with Crippen LogP contribution < -0.4 is 15.4 Å². The molecule has 0 saturated heterocycles. The highest BCUT2D eigenvalue weighted by molar-refractivity contribution is 5.99. The van der Waals surface area contributed by atoms with E-state index < -0.39 is 6.04 Å². The largest absolute Gasteiger partial charge is 0.457 e. The summed E-state index contributed by atoms with van der Waals surface area (Å²) in [5.74, 6) is 0.451. The van der Waals surface area contributed by atoms with Crippen molar-refractivity contribution in [1.82, 2.24) is 10.6 Å². The summed E-state index contributed by atoms with van der Waals surface area (Å²) in [5, 5.41) is 5.55. The lowest BCUT2D eigenvalue weighted by Gasteiger charge is -2.16. The van der Waals surface area contributed by atoms with Gasteiger partial charge >= 0.3 is 0 Å². The van der Waals surface area contributed by atoms with Gasteiger partial charge in [-0.3, -0.25) is 9.59 Å². The molecule has 3 rings (SSSR count). The van der Waals surface area contributed by atoms with E-state index in [4.69, 9.17) is 4.74 Å². The third-order valence-corrected chi connectivity index (χ3v) is 4.15. The standard InChI is InChI=1S/C23H22N2O3/c1-17(22(26)24-16-18-10-4-2-5-11-18)25-23(27)20-14-8-9-15-21(20)28-19-12-6-3-7-13-19/h2-15,17H,16H2,1H3,(H,24,26)(H,25,27). The molecule has 0 aliphatic rings. The number of para-hydroxylation sites is 2. The van der Waals surface area contributed by atoms with Crippen molar-refractivity contribution >= 4 is 11.8 Å². The van der Waals surface area contributed by atoms with E-state index in [0.717, 1.165) is 5.56 Å². The number of nitrogens with one attached hydrogen (secondary N) is 2. The smallest absolute Gasteiger partial charge is 0.255 e. The maximum Gasteiger partial charge on any atom is 0.255 e. The minimum Gasteiger partial charge on any atom is -0.457 e. The van der Waals surface area contributed by atoms with Crippen LogP contribution in [0, 0.1) is 0 Å². The Balaban J connectivity index is 1.61. The third kappa shape index (κ3) is 5.20. The zero-order valence-corrected chi connectivity index (χ0v) is 15.6. The van der Waals surface area contributed by atoms with Gasteiger partial charge in [0.1, 0.15) is 17.5 Å². The molecule has 0 aromatic heterocycles. The molecule has 0 radical (unpaired) electrons. The maximum atomic E-state index is 12.7. The minimum atomic E-state index is -0.680. The van der Waals surface area contributed by atoms with Gasteiger partial charge in [-0.05, 0) is 36.8 Å². The first kappa shape index (κ1) is 19.2. The van der Waals surface area contributed by atoms with Crippen LogP contribution in [0.5, 0.6) is 11.5 Å². The Morgan fingerprint density at radius 2 is 1.46 bits per heavy atom. The van der Waals surface area contributed by atoms with Gasteiger partial charge in [0, 0.05) is 6.54 Å². The summed E-state index contributed by atoms with van der Waals surface area (Å²) >= 11 is 0. The van der Waals surface area contributed by atoms with Crippen molar-refractivity contribution in [2.45, 2.75) is 19.5 Å². The summed E-state index contributed by atoms with van der Waals surface area (Å²) in [5.41, 5.74) is 1.37. The fourth-order valence-corrected chi connectivity index (χ4v) is 2.64. The number of amides is 2. The summed E-state index contributed by atoms with van der Waals surface area (Å²) in [6.07, 6.45) is 0. The molecule has 0 aliphatic carbocycles. The number of benzene rings is 3. The Bertz CT molecular complexity index is 927. The summed E-state index contributed by atoms with van der Waals surface area (Å²) in [6.45, 7) is 2.06. The first-order valence-electron chi connectivity index (χ1n) is 9.08. The van der Waals surface area contributed by atoms with Gasteiger partial charge in [-0.1, -0.05) is 60.7 Å². The van der Waals surface area contributed by atoms with Gasteiger partial charge in [0.25, 0.3) is 5.91 Å². The van der Waals surface area contributed by atoms with E-state index in [9.17, 15) is 9.59 Å². The minimum absolute atomic E-state index is 0.251. The second-order valence-electron chi connectivity index (χ2n) is 6.31. The molecular formula is C23H22N2O3. The van der Waals surface area contributed by atoms with Crippen molar-refractivity contribution in [3.63, 3.8) is 0 Å². The van der Waals surface area contributed by atoms with Crippen LogP contribution in [-0.2, 0) is 11.3 Å². The van der Waals surface area contributed by atoms with E-state index in [-0.39, 0.29) is 11.8 Å². The van der Waals surface area contributed by atoms with E-state index in [0.29, 0.717) is 23.6 Å². The fourth-order valence-electron chi connectivity index (χ4n) is 2.64. The predicted molar refractivity (Wildman–Crippen MR) is 108 cm³/mol. The number of rotatable bonds is 7. The molecule has 3 aromatic rings. The van der Waals surface area contributed by atoms with Gasteiger partial charge in [0.05, 0.1) is 5.56 Å². The first-order chi connectivity index (χ1) is 13.6. The zero-order valence-electron chi connectivity index (χ0n) is 15.6. The number of carbonyl (C=O) groups is 2. The molecule has 0 heterocycles. The van der Waals surface area contributed by atoms with Gasteiger partial charge in [-0.2, -0.15) is 0 Å². The van der Waals surface area contributed by atoms with Gasteiger partial charge in [-0.15, -0.1) is 0 Å². The third-order valence-electron chi connectivity index (χ3n) is 4.15. The Labute approximate surface area is 164 Å². The molecule has 1 unspecified atom stereocenters. The van der Waals surface area contributed by atoms with Crippen molar-refractivity contribution in [2.24, 2.45) is 0 Å². The summed E-state index contributed by atoms with van der Waals surface area (Å²) in [4.78, 5) is 25.0. The van der Waals surface area contributed by atoms with Crippen molar-refractivity contribution in [1.29, 1.82) is 0 Å². The second-order valence-corrected chi connectivity index (χ2v) is 6.31. The second kappa shape index (κ2) is 9.37. The van der Waals surface area contributed by atoms with Crippen LogP contribution >= 0.6 is 0 Å². The van der Waals surface area contributed by atoms with Crippen molar-refractivity contribution in [3.05, 3.63) is 96.1 Å². The van der Waals surface area contributed by atoms with Gasteiger partial charge < -0.3 is 15.4 Å². The van der Waals surface area contributed by atoms with Crippen LogP contribution in [-0.4, -0.2) is 17.9 Å². The predicted octanol–water partition coefficient (Wildman–Crippen LogP) is 3.91. The topological polar surface area (TPSA) is 67.4 Å². The Kier molecular flexibility index (Phi) is 6.41. The molecule has 28 heavy (non-hydrogen) atoms. The van der Waals surface area contributed by atoms with Gasteiger partial charge in [0.2, 0.25) is 5.91 Å². The van der Waals surface area contributed by atoms with Crippen LogP contribution in [0.3, 0.4) is 0 Å². The van der Waals surface area contributed by atoms with E-state index in [2.05, 4.69) is 10.6 Å². The molecule has 2 N–H and O–H groups in total. The summed E-state index contributed by atoms with van der Waals surface area (Å²) < 4.78 is 5.82. The molecule has 142 valence electrons. The summed E-state index contributed by atoms with van der Waals surface area (Å²) in [6, 6.07) is 25.1. The normalized spacial score (nSPS) is 11.3. The molecule has 3 aromatic carbocycles. The van der Waals surface area contributed by atoms with Crippen molar-refractivity contribution in [3.8, 4) is 11.5 Å². The molecule has 0 saturated carbocycles. The molecule has 0 fully saturated rings. The molecule has 0 bridgehead atoms. The average molecular weight is 374 g/mol. The number of ether oxygens (including phenoxy) is 1. The van der Waals surface area contributed by atoms with Crippen molar-refractivity contribution in [2.75, 3.05) is 0 Å². The van der Waals surface area contributed by atoms with E-state index in [1.807, 2.05) is 60.7 Å². The van der Waals surface area contributed by atoms with E-state index in [1.54, 1.807) is 31.2 Å². The number of hydrogen-bond donors (Lipinski definition) is 2. The Morgan fingerprint density at radius 3 is 2.18 bits per heavy atom. The highest BCUT2D eigenvalue weighted by atomic mass is 16.5. The van der Waals surface area contributed by atoms with Gasteiger partial charge in [0.15, 0.2) is 0 Å². The number of carbonyl (C=O) groups excluding carboxylic acids is 2. The lowest BCUT2D eigenvalue weighted by atomic mass is 10.1. The van der Waals surface area contributed by atoms with E-state index in [1.165, 1.54) is 0 Å². The van der Waals surface area contributed by atoms with Crippen LogP contribution in [0.1, 0.15) is 22.8 Å². The number of hydrogen-bond acceptors (Lipinski definition) is 3. The van der Waals surface area contributed by atoms with Crippen molar-refractivity contribution < 1.29 is 14.3 Å². The van der Waals surface area contributed by atoms with Crippen LogP contribution in [0.25, 0.3) is 0 Å². The molecule has 5 nitrogen and oxygen atoms in total. The van der Waals surface area contributed by atoms with E-state index >= 15 is 0 Å². The molecule has 0 spiro atoms. The van der Waals surface area contributed by atoms with Gasteiger partial charge in [-0.25, -0.2) is 0 Å². The quantitative estimate of drug-likeness (QED) is 0.659. The average Bonchev–Trinajstić information content (AvgIpc) is 2.73. The Morgan fingerprint density at radius 1 is 0.857 bits per heavy atom.